The van der Waals surface area contributed by atoms with Gasteiger partial charge in [-0.15, -0.1) is 0 Å². The summed E-state index contributed by atoms with van der Waals surface area (Å²) in [5.74, 6) is 3.75. The molecule has 2 heterocycles. The fourth-order valence-corrected chi connectivity index (χ4v) is 5.35. The first kappa shape index (κ1) is 24.9. The number of benzene rings is 5. The van der Waals surface area contributed by atoms with Crippen molar-refractivity contribution < 1.29 is 19.3 Å². The lowest BCUT2D eigenvalue weighted by Crippen LogP contribution is -2.31. The van der Waals surface area contributed by atoms with Gasteiger partial charge in [0.1, 0.15) is 28.7 Å². The van der Waals surface area contributed by atoms with E-state index in [0.29, 0.717) is 13.5 Å². The maximum absolute atomic E-state index is 9.55. The minimum absolute atomic E-state index is 0.285. The molecule has 5 aromatic carbocycles. The number of phenolic OH excluding ortho intramolecular Hbond substituents is 1. The third kappa shape index (κ3) is 5.50. The lowest BCUT2D eigenvalue weighted by Gasteiger charge is -2.31. The van der Waals surface area contributed by atoms with Crippen LogP contribution in [0.3, 0.4) is 0 Å². The second-order valence-corrected chi connectivity index (χ2v) is 10.4. The van der Waals surface area contributed by atoms with Crippen LogP contribution in [0, 0.1) is 0 Å². The van der Waals surface area contributed by atoms with E-state index in [1.54, 1.807) is 12.1 Å². The number of hydrogen-bond donors (Lipinski definition) is 1. The van der Waals surface area contributed by atoms with Crippen molar-refractivity contribution in [3.63, 3.8) is 0 Å². The zero-order chi connectivity index (χ0) is 27.6. The Balaban J connectivity index is 0.980. The molecule has 0 aromatic heterocycles. The third-order valence-corrected chi connectivity index (χ3v) is 7.56. The molecular formula is C35H30N2O4. The van der Waals surface area contributed by atoms with Gasteiger partial charge >= 0.3 is 0 Å². The van der Waals surface area contributed by atoms with E-state index in [1.807, 2.05) is 54.6 Å². The Bertz CT molecular complexity index is 1650. The molecule has 7 rings (SSSR count). The van der Waals surface area contributed by atoms with Crippen LogP contribution < -0.4 is 24.0 Å². The Labute approximate surface area is 239 Å². The Morgan fingerprint density at radius 2 is 1.15 bits per heavy atom. The predicted octanol–water partition coefficient (Wildman–Crippen LogP) is 7.49. The van der Waals surface area contributed by atoms with Crippen molar-refractivity contribution in [1.82, 2.24) is 0 Å². The van der Waals surface area contributed by atoms with Crippen LogP contribution >= 0.6 is 0 Å². The Morgan fingerprint density at radius 1 is 0.585 bits per heavy atom. The van der Waals surface area contributed by atoms with E-state index in [1.165, 1.54) is 11.1 Å². The molecule has 0 bridgehead atoms. The van der Waals surface area contributed by atoms with E-state index in [4.69, 9.17) is 14.2 Å². The van der Waals surface area contributed by atoms with Gasteiger partial charge in [-0.1, -0.05) is 36.4 Å². The second-order valence-electron chi connectivity index (χ2n) is 10.4. The largest absolute Gasteiger partial charge is 0.508 e. The first-order valence-corrected chi connectivity index (χ1v) is 13.8. The van der Waals surface area contributed by atoms with Gasteiger partial charge in [0.05, 0.1) is 0 Å². The van der Waals surface area contributed by atoms with Gasteiger partial charge < -0.3 is 29.1 Å². The molecule has 0 aliphatic carbocycles. The molecule has 0 radical (unpaired) electrons. The van der Waals surface area contributed by atoms with Gasteiger partial charge in [-0.3, -0.25) is 0 Å². The maximum Gasteiger partial charge on any atom is 0.161 e. The summed E-state index contributed by atoms with van der Waals surface area (Å²) in [5, 5.41) is 9.55. The molecule has 0 amide bonds. The molecule has 5 aromatic rings. The minimum atomic E-state index is 0.285. The SMILES string of the molecule is Oc1ccc(Cc2ccc3c(c2)CN(c2ccc(Oc4ccc(N5COc6ccccc6C5)cc4)cc2)CO3)cc1. The van der Waals surface area contributed by atoms with Crippen molar-refractivity contribution in [2.24, 2.45) is 0 Å². The van der Waals surface area contributed by atoms with Gasteiger partial charge in [-0.05, 0) is 96.4 Å². The van der Waals surface area contributed by atoms with Crippen LogP contribution in [0.4, 0.5) is 11.4 Å². The van der Waals surface area contributed by atoms with E-state index in [2.05, 4.69) is 58.3 Å². The molecule has 41 heavy (non-hydrogen) atoms. The molecule has 0 saturated carbocycles. The van der Waals surface area contributed by atoms with Crippen molar-refractivity contribution in [1.29, 1.82) is 0 Å². The average molecular weight is 543 g/mol. The predicted molar refractivity (Wildman–Crippen MR) is 160 cm³/mol. The number of fused-ring (bicyclic) bond motifs is 2. The molecule has 1 N–H and O–H groups in total. The highest BCUT2D eigenvalue weighted by atomic mass is 16.5. The van der Waals surface area contributed by atoms with Crippen molar-refractivity contribution in [2.75, 3.05) is 23.3 Å². The molecule has 2 aliphatic rings. The Kier molecular flexibility index (Phi) is 6.57. The Morgan fingerprint density at radius 3 is 1.80 bits per heavy atom. The van der Waals surface area contributed by atoms with Crippen molar-refractivity contribution in [2.45, 2.75) is 19.5 Å². The lowest BCUT2D eigenvalue weighted by molar-refractivity contribution is 0.289. The first-order chi connectivity index (χ1) is 20.2. The van der Waals surface area contributed by atoms with Gasteiger partial charge in [0, 0.05) is 35.6 Å². The zero-order valence-electron chi connectivity index (χ0n) is 22.6. The molecule has 0 fully saturated rings. The van der Waals surface area contributed by atoms with Crippen LogP contribution in [-0.4, -0.2) is 18.6 Å². The first-order valence-electron chi connectivity index (χ1n) is 13.8. The average Bonchev–Trinajstić information content (AvgIpc) is 3.02. The highest BCUT2D eigenvalue weighted by Crippen LogP contribution is 2.33. The number of anilines is 2. The molecule has 0 unspecified atom stereocenters. The van der Waals surface area contributed by atoms with Crippen LogP contribution in [0.25, 0.3) is 0 Å². The molecule has 2 aliphatic heterocycles. The van der Waals surface area contributed by atoms with Crippen molar-refractivity contribution in [3.8, 4) is 28.7 Å². The van der Waals surface area contributed by atoms with Gasteiger partial charge in [0.25, 0.3) is 0 Å². The molecular weight excluding hydrogens is 512 g/mol. The monoisotopic (exact) mass is 542 g/mol. The summed E-state index contributed by atoms with van der Waals surface area (Å²) < 4.78 is 18.1. The third-order valence-electron chi connectivity index (χ3n) is 7.56. The topological polar surface area (TPSA) is 54.4 Å². The van der Waals surface area contributed by atoms with Crippen molar-refractivity contribution >= 4 is 11.4 Å². The van der Waals surface area contributed by atoms with E-state index >= 15 is 0 Å². The van der Waals surface area contributed by atoms with Gasteiger partial charge in [-0.25, -0.2) is 0 Å². The smallest absolute Gasteiger partial charge is 0.161 e. The highest BCUT2D eigenvalue weighted by molar-refractivity contribution is 5.55. The molecule has 204 valence electrons. The van der Waals surface area contributed by atoms with Crippen LogP contribution in [0.5, 0.6) is 28.7 Å². The van der Waals surface area contributed by atoms with E-state index < -0.39 is 0 Å². The fourth-order valence-electron chi connectivity index (χ4n) is 5.35. The van der Waals surface area contributed by atoms with Crippen molar-refractivity contribution in [3.05, 3.63) is 138 Å². The van der Waals surface area contributed by atoms with Gasteiger partial charge in [-0.2, -0.15) is 0 Å². The van der Waals surface area contributed by atoms with E-state index in [-0.39, 0.29) is 5.75 Å². The summed E-state index contributed by atoms with van der Waals surface area (Å²) in [6.45, 7) is 2.62. The number of nitrogens with zero attached hydrogens (tertiary/aromatic N) is 2. The Hall–Kier alpha value is -5.10. The van der Waals surface area contributed by atoms with E-state index in [0.717, 1.165) is 65.0 Å². The summed E-state index contributed by atoms with van der Waals surface area (Å²) in [6.07, 6.45) is 0.806. The summed E-state index contributed by atoms with van der Waals surface area (Å²) in [5.41, 5.74) is 6.90. The van der Waals surface area contributed by atoms with Crippen LogP contribution in [0.15, 0.2) is 115 Å². The maximum atomic E-state index is 9.55. The molecule has 6 heteroatoms. The molecule has 0 spiro atoms. The van der Waals surface area contributed by atoms with E-state index in [9.17, 15) is 5.11 Å². The second kappa shape index (κ2) is 10.8. The normalized spacial score (nSPS) is 14.0. The number of ether oxygens (including phenoxy) is 3. The summed E-state index contributed by atoms with van der Waals surface area (Å²) in [4.78, 5) is 4.42. The molecule has 0 saturated heterocycles. The van der Waals surface area contributed by atoms with Crippen LogP contribution in [0.2, 0.25) is 0 Å². The number of para-hydroxylation sites is 1. The zero-order valence-corrected chi connectivity index (χ0v) is 22.6. The van der Waals surface area contributed by atoms with Gasteiger partial charge in [0.15, 0.2) is 13.5 Å². The molecule has 0 atom stereocenters. The summed E-state index contributed by atoms with van der Waals surface area (Å²) in [7, 11) is 0. The van der Waals surface area contributed by atoms with Crippen LogP contribution in [0.1, 0.15) is 22.3 Å². The number of hydrogen-bond acceptors (Lipinski definition) is 6. The van der Waals surface area contributed by atoms with Crippen LogP contribution in [-0.2, 0) is 19.5 Å². The fraction of sp³-hybridized carbons (Fsp3) is 0.143. The number of aromatic hydroxyl groups is 1. The summed E-state index contributed by atoms with van der Waals surface area (Å²) >= 11 is 0. The quantitative estimate of drug-likeness (QED) is 0.240. The number of phenols is 1. The summed E-state index contributed by atoms with van der Waals surface area (Å²) in [6, 6.07) is 38.2. The van der Waals surface area contributed by atoms with Gasteiger partial charge in [0.2, 0.25) is 0 Å². The molecule has 6 nitrogen and oxygen atoms in total. The lowest BCUT2D eigenvalue weighted by atomic mass is 10.0. The standard InChI is InChI=1S/C35H30N2O4/c38-31-12-5-25(6-13-31)19-26-7-18-35-28(20-26)22-37(24-40-35)30-10-16-33(17-11-30)41-32-14-8-29(9-15-32)36-21-27-3-1-2-4-34(27)39-23-36/h1-18,20,38H,19,21-24H2. The number of rotatable bonds is 6. The minimum Gasteiger partial charge on any atom is -0.508 e. The highest BCUT2D eigenvalue weighted by Gasteiger charge is 2.19.